The Morgan fingerprint density at radius 3 is 2.43 bits per heavy atom. The van der Waals surface area contributed by atoms with Crippen LogP contribution in [0.3, 0.4) is 0 Å². The van der Waals surface area contributed by atoms with Crippen LogP contribution in [0.15, 0.2) is 30.3 Å². The Hall–Kier alpha value is -1.32. The van der Waals surface area contributed by atoms with E-state index < -0.39 is 0 Å². The first-order valence-electron chi connectivity index (χ1n) is 7.57. The zero-order valence-electron chi connectivity index (χ0n) is 13.4. The summed E-state index contributed by atoms with van der Waals surface area (Å²) in [6, 6.07) is 11.1. The van der Waals surface area contributed by atoms with Gasteiger partial charge >= 0.3 is 0 Å². The molecule has 1 aromatic heterocycles. The molecule has 0 saturated heterocycles. The zero-order chi connectivity index (χ0) is 15.2. The smallest absolute Gasteiger partial charge is 0.118 e. The third kappa shape index (κ3) is 4.32. The van der Waals surface area contributed by atoms with Gasteiger partial charge in [-0.05, 0) is 62.6 Å². The number of hydrogen-bond donors (Lipinski definition) is 1. The standard InChI is InChI=1S/C18H25NOS/c1-5-10-19-17(18-11-13(2)14(3)21-18)12-15-6-8-16(20-4)9-7-15/h6-9,11,17,19H,5,10,12H2,1-4H3. The molecule has 0 bridgehead atoms. The van der Waals surface area contributed by atoms with E-state index >= 15 is 0 Å². The molecule has 1 atom stereocenters. The molecule has 21 heavy (non-hydrogen) atoms. The summed E-state index contributed by atoms with van der Waals surface area (Å²) < 4.78 is 5.23. The SMILES string of the molecule is CCCNC(Cc1ccc(OC)cc1)c1cc(C)c(C)s1. The van der Waals surface area contributed by atoms with Gasteiger partial charge < -0.3 is 10.1 Å². The number of nitrogens with one attached hydrogen (secondary N) is 1. The molecule has 3 heteroatoms. The van der Waals surface area contributed by atoms with Crippen LogP contribution < -0.4 is 10.1 Å². The predicted octanol–water partition coefficient (Wildman–Crippen LogP) is 4.66. The van der Waals surface area contributed by atoms with Crippen LogP contribution in [-0.2, 0) is 6.42 Å². The Morgan fingerprint density at radius 1 is 1.19 bits per heavy atom. The number of rotatable bonds is 7. The number of thiophene rings is 1. The van der Waals surface area contributed by atoms with E-state index in [9.17, 15) is 0 Å². The fourth-order valence-corrected chi connectivity index (χ4v) is 3.48. The van der Waals surface area contributed by atoms with Crippen LogP contribution in [0.5, 0.6) is 5.75 Å². The second-order valence-corrected chi connectivity index (χ2v) is 6.73. The monoisotopic (exact) mass is 303 g/mol. The molecule has 0 spiro atoms. The van der Waals surface area contributed by atoms with Crippen LogP contribution in [0, 0.1) is 13.8 Å². The lowest BCUT2D eigenvalue weighted by Gasteiger charge is -2.17. The van der Waals surface area contributed by atoms with Gasteiger partial charge in [-0.3, -0.25) is 0 Å². The minimum atomic E-state index is 0.399. The second-order valence-electron chi connectivity index (χ2n) is 5.45. The highest BCUT2D eigenvalue weighted by atomic mass is 32.1. The molecule has 0 radical (unpaired) electrons. The second kappa shape index (κ2) is 7.62. The summed E-state index contributed by atoms with van der Waals surface area (Å²) in [5.74, 6) is 0.916. The first-order valence-corrected chi connectivity index (χ1v) is 8.39. The minimum Gasteiger partial charge on any atom is -0.497 e. The van der Waals surface area contributed by atoms with E-state index in [1.807, 2.05) is 23.5 Å². The number of ether oxygens (including phenoxy) is 1. The first-order chi connectivity index (χ1) is 10.1. The molecule has 0 fully saturated rings. The summed E-state index contributed by atoms with van der Waals surface area (Å²) in [4.78, 5) is 2.86. The average Bonchev–Trinajstić information content (AvgIpc) is 2.83. The van der Waals surface area contributed by atoms with Crippen LogP contribution in [0.25, 0.3) is 0 Å². The van der Waals surface area contributed by atoms with E-state index in [0.29, 0.717) is 6.04 Å². The Labute approximate surface area is 132 Å². The lowest BCUT2D eigenvalue weighted by atomic mass is 10.0. The van der Waals surface area contributed by atoms with Crippen molar-refractivity contribution in [2.45, 2.75) is 39.7 Å². The van der Waals surface area contributed by atoms with Crippen LogP contribution in [0.4, 0.5) is 0 Å². The van der Waals surface area contributed by atoms with Crippen LogP contribution in [0.2, 0.25) is 0 Å². The fraction of sp³-hybridized carbons (Fsp3) is 0.444. The van der Waals surface area contributed by atoms with Crippen molar-refractivity contribution in [3.8, 4) is 5.75 Å². The van der Waals surface area contributed by atoms with Crippen molar-refractivity contribution < 1.29 is 4.74 Å². The Bertz CT molecular complexity index is 540. The molecule has 2 aromatic rings. The number of hydrogen-bond acceptors (Lipinski definition) is 3. The van der Waals surface area contributed by atoms with Gasteiger partial charge in [0.1, 0.15) is 5.75 Å². The normalized spacial score (nSPS) is 12.4. The van der Waals surface area contributed by atoms with Crippen molar-refractivity contribution >= 4 is 11.3 Å². The van der Waals surface area contributed by atoms with E-state index in [0.717, 1.165) is 25.1 Å². The Morgan fingerprint density at radius 2 is 1.90 bits per heavy atom. The predicted molar refractivity (Wildman–Crippen MR) is 91.5 cm³/mol. The van der Waals surface area contributed by atoms with Crippen molar-refractivity contribution in [2.24, 2.45) is 0 Å². The van der Waals surface area contributed by atoms with Gasteiger partial charge in [-0.25, -0.2) is 0 Å². The Balaban J connectivity index is 2.15. The van der Waals surface area contributed by atoms with Gasteiger partial charge in [0.25, 0.3) is 0 Å². The lowest BCUT2D eigenvalue weighted by molar-refractivity contribution is 0.414. The fourth-order valence-electron chi connectivity index (χ4n) is 2.36. The molecule has 2 rings (SSSR count). The first kappa shape index (κ1) is 16.1. The molecule has 2 nitrogen and oxygen atoms in total. The van der Waals surface area contributed by atoms with E-state index in [1.165, 1.54) is 20.9 Å². The van der Waals surface area contributed by atoms with Crippen LogP contribution in [-0.4, -0.2) is 13.7 Å². The van der Waals surface area contributed by atoms with Gasteiger partial charge in [0.15, 0.2) is 0 Å². The van der Waals surface area contributed by atoms with E-state index in [4.69, 9.17) is 4.74 Å². The maximum Gasteiger partial charge on any atom is 0.118 e. The van der Waals surface area contributed by atoms with Crippen molar-refractivity contribution in [3.63, 3.8) is 0 Å². The van der Waals surface area contributed by atoms with Gasteiger partial charge in [-0.15, -0.1) is 11.3 Å². The highest BCUT2D eigenvalue weighted by Crippen LogP contribution is 2.29. The summed E-state index contributed by atoms with van der Waals surface area (Å²) in [6.07, 6.45) is 2.17. The van der Waals surface area contributed by atoms with Gasteiger partial charge in [0, 0.05) is 15.8 Å². The van der Waals surface area contributed by atoms with Gasteiger partial charge in [-0.2, -0.15) is 0 Å². The maximum absolute atomic E-state index is 5.23. The largest absolute Gasteiger partial charge is 0.497 e. The topological polar surface area (TPSA) is 21.3 Å². The van der Waals surface area contributed by atoms with Crippen LogP contribution >= 0.6 is 11.3 Å². The third-order valence-electron chi connectivity index (χ3n) is 3.77. The molecule has 0 aliphatic carbocycles. The molecule has 1 N–H and O–H groups in total. The van der Waals surface area contributed by atoms with E-state index in [1.54, 1.807) is 7.11 Å². The van der Waals surface area contributed by atoms with E-state index in [2.05, 4.69) is 44.3 Å². The number of aryl methyl sites for hydroxylation is 2. The molecule has 0 saturated carbocycles. The summed E-state index contributed by atoms with van der Waals surface area (Å²) in [5.41, 5.74) is 2.74. The summed E-state index contributed by atoms with van der Waals surface area (Å²) >= 11 is 1.91. The molecule has 0 amide bonds. The third-order valence-corrected chi connectivity index (χ3v) is 5.03. The zero-order valence-corrected chi connectivity index (χ0v) is 14.2. The van der Waals surface area contributed by atoms with Crippen molar-refractivity contribution in [3.05, 3.63) is 51.2 Å². The highest BCUT2D eigenvalue weighted by molar-refractivity contribution is 7.12. The highest BCUT2D eigenvalue weighted by Gasteiger charge is 2.15. The summed E-state index contributed by atoms with van der Waals surface area (Å²) in [5, 5.41) is 3.68. The molecular formula is C18H25NOS. The molecule has 1 heterocycles. The maximum atomic E-state index is 5.23. The molecule has 0 aliphatic heterocycles. The van der Waals surface area contributed by atoms with E-state index in [-0.39, 0.29) is 0 Å². The van der Waals surface area contributed by atoms with Crippen molar-refractivity contribution in [1.29, 1.82) is 0 Å². The van der Waals surface area contributed by atoms with Gasteiger partial charge in [0.05, 0.1) is 7.11 Å². The average molecular weight is 303 g/mol. The summed E-state index contributed by atoms with van der Waals surface area (Å²) in [7, 11) is 1.71. The van der Waals surface area contributed by atoms with Crippen molar-refractivity contribution in [1.82, 2.24) is 5.32 Å². The molecule has 0 aliphatic rings. The number of methoxy groups -OCH3 is 1. The molecule has 1 aromatic carbocycles. The molecule has 1 unspecified atom stereocenters. The minimum absolute atomic E-state index is 0.399. The Kier molecular flexibility index (Phi) is 5.83. The lowest BCUT2D eigenvalue weighted by Crippen LogP contribution is -2.23. The van der Waals surface area contributed by atoms with Gasteiger partial charge in [0.2, 0.25) is 0 Å². The quantitative estimate of drug-likeness (QED) is 0.803. The van der Waals surface area contributed by atoms with Gasteiger partial charge in [-0.1, -0.05) is 19.1 Å². The molecule has 114 valence electrons. The van der Waals surface area contributed by atoms with Crippen molar-refractivity contribution in [2.75, 3.05) is 13.7 Å². The van der Waals surface area contributed by atoms with Crippen LogP contribution in [0.1, 0.15) is 40.3 Å². The summed E-state index contributed by atoms with van der Waals surface area (Å²) in [6.45, 7) is 7.66. The number of benzene rings is 1. The molecular weight excluding hydrogens is 278 g/mol.